The van der Waals surface area contributed by atoms with Gasteiger partial charge in [0, 0.05) is 19.7 Å². The van der Waals surface area contributed by atoms with E-state index in [-0.39, 0.29) is 18.3 Å². The Labute approximate surface area is 91.3 Å². The molecule has 0 amide bonds. The van der Waals surface area contributed by atoms with Gasteiger partial charge < -0.3 is 10.8 Å². The lowest BCUT2D eigenvalue weighted by atomic mass is 10.1. The van der Waals surface area contributed by atoms with Crippen molar-refractivity contribution >= 4 is 10.0 Å². The highest BCUT2D eigenvalue weighted by atomic mass is 32.2. The van der Waals surface area contributed by atoms with Gasteiger partial charge >= 0.3 is 0 Å². The van der Waals surface area contributed by atoms with Crippen LogP contribution in [0.15, 0.2) is 0 Å². The van der Waals surface area contributed by atoms with Crippen molar-refractivity contribution in [1.29, 1.82) is 0 Å². The Morgan fingerprint density at radius 3 is 2.67 bits per heavy atom. The lowest BCUT2D eigenvalue weighted by molar-refractivity contribution is 0.233. The first kappa shape index (κ1) is 12.9. The summed E-state index contributed by atoms with van der Waals surface area (Å²) in [5.74, 6) is 0.303. The fraction of sp³-hybridized carbons (Fsp3) is 1.00. The second-order valence-corrected chi connectivity index (χ2v) is 6.10. The molecule has 0 saturated carbocycles. The molecule has 0 aromatic carbocycles. The molecule has 3 N–H and O–H groups in total. The van der Waals surface area contributed by atoms with Crippen molar-refractivity contribution in [2.24, 2.45) is 11.7 Å². The van der Waals surface area contributed by atoms with E-state index in [4.69, 9.17) is 10.8 Å². The van der Waals surface area contributed by atoms with Crippen molar-refractivity contribution in [1.82, 2.24) is 4.31 Å². The molecule has 6 heteroatoms. The summed E-state index contributed by atoms with van der Waals surface area (Å²) in [6, 6.07) is 0. The van der Waals surface area contributed by atoms with Gasteiger partial charge in [-0.25, -0.2) is 12.7 Å². The maximum atomic E-state index is 11.8. The average molecular weight is 236 g/mol. The Hall–Kier alpha value is -0.170. The number of unbranched alkanes of at least 4 members (excludes halogenated alkanes) is 1. The van der Waals surface area contributed by atoms with Crippen molar-refractivity contribution in [3.63, 3.8) is 0 Å². The van der Waals surface area contributed by atoms with Gasteiger partial charge in [0.05, 0.1) is 5.75 Å². The number of aliphatic hydroxyl groups is 1. The Balaban J connectivity index is 2.41. The molecule has 0 aromatic heterocycles. The molecule has 0 bridgehead atoms. The number of hydrogen-bond donors (Lipinski definition) is 2. The van der Waals surface area contributed by atoms with Gasteiger partial charge in [0.15, 0.2) is 0 Å². The van der Waals surface area contributed by atoms with Gasteiger partial charge in [0.1, 0.15) is 0 Å². The van der Waals surface area contributed by atoms with Gasteiger partial charge in [-0.2, -0.15) is 0 Å². The summed E-state index contributed by atoms with van der Waals surface area (Å²) in [5.41, 5.74) is 5.31. The molecule has 1 aliphatic rings. The summed E-state index contributed by atoms with van der Waals surface area (Å²) in [6.07, 6.45) is 2.14. The predicted molar refractivity (Wildman–Crippen MR) is 58.8 cm³/mol. The number of rotatable bonds is 6. The van der Waals surface area contributed by atoms with Crippen LogP contribution in [0.25, 0.3) is 0 Å². The first-order valence-corrected chi connectivity index (χ1v) is 7.00. The fourth-order valence-corrected chi connectivity index (χ4v) is 3.41. The quantitative estimate of drug-likeness (QED) is 0.601. The van der Waals surface area contributed by atoms with Gasteiger partial charge in [-0.15, -0.1) is 0 Å². The first-order valence-electron chi connectivity index (χ1n) is 5.39. The molecule has 1 saturated heterocycles. The topological polar surface area (TPSA) is 83.6 Å². The molecule has 1 unspecified atom stereocenters. The molecule has 1 rings (SSSR count). The molecule has 0 radical (unpaired) electrons. The zero-order valence-corrected chi connectivity index (χ0v) is 9.75. The minimum absolute atomic E-state index is 0.0782. The van der Waals surface area contributed by atoms with Crippen LogP contribution >= 0.6 is 0 Å². The molecule has 15 heavy (non-hydrogen) atoms. The highest BCUT2D eigenvalue weighted by Gasteiger charge is 2.30. The van der Waals surface area contributed by atoms with E-state index >= 15 is 0 Å². The van der Waals surface area contributed by atoms with Crippen molar-refractivity contribution in [2.75, 3.05) is 32.0 Å². The minimum atomic E-state index is -3.11. The number of aliphatic hydroxyl groups excluding tert-OH is 1. The minimum Gasteiger partial charge on any atom is -0.396 e. The molecule has 5 nitrogen and oxygen atoms in total. The third-order valence-corrected chi connectivity index (χ3v) is 4.68. The second-order valence-electron chi connectivity index (χ2n) is 4.01. The van der Waals surface area contributed by atoms with Crippen LogP contribution in [-0.2, 0) is 10.0 Å². The molecular weight excluding hydrogens is 216 g/mol. The number of hydrogen-bond acceptors (Lipinski definition) is 4. The summed E-state index contributed by atoms with van der Waals surface area (Å²) in [7, 11) is -3.11. The Morgan fingerprint density at radius 1 is 1.40 bits per heavy atom. The Morgan fingerprint density at radius 2 is 2.13 bits per heavy atom. The van der Waals surface area contributed by atoms with Gasteiger partial charge in [-0.3, -0.25) is 0 Å². The lowest BCUT2D eigenvalue weighted by Crippen LogP contribution is -2.31. The van der Waals surface area contributed by atoms with E-state index in [1.807, 2.05) is 0 Å². The molecule has 1 atom stereocenters. The number of nitrogens with two attached hydrogens (primary N) is 1. The number of sulfonamides is 1. The summed E-state index contributed by atoms with van der Waals surface area (Å²) >= 11 is 0. The maximum absolute atomic E-state index is 11.8. The summed E-state index contributed by atoms with van der Waals surface area (Å²) < 4.78 is 25.0. The molecule has 0 aromatic rings. The van der Waals surface area contributed by atoms with E-state index in [2.05, 4.69) is 0 Å². The van der Waals surface area contributed by atoms with Crippen molar-refractivity contribution in [2.45, 2.75) is 19.3 Å². The van der Waals surface area contributed by atoms with Crippen LogP contribution in [0.3, 0.4) is 0 Å². The largest absolute Gasteiger partial charge is 0.396 e. The van der Waals surface area contributed by atoms with Crippen molar-refractivity contribution in [3.05, 3.63) is 0 Å². The SMILES string of the molecule is NCCCCS(=O)(=O)N1CCC(CO)C1. The zero-order chi connectivity index (χ0) is 11.3. The maximum Gasteiger partial charge on any atom is 0.214 e. The van der Waals surface area contributed by atoms with Crippen LogP contribution in [-0.4, -0.2) is 49.8 Å². The summed E-state index contributed by atoms with van der Waals surface area (Å²) in [5, 5.41) is 8.93. The molecule has 1 heterocycles. The zero-order valence-electron chi connectivity index (χ0n) is 8.93. The fourth-order valence-electron chi connectivity index (χ4n) is 1.76. The van der Waals surface area contributed by atoms with Crippen LogP contribution < -0.4 is 5.73 Å². The predicted octanol–water partition coefficient (Wildman–Crippen LogP) is -0.631. The van der Waals surface area contributed by atoms with E-state index in [1.165, 1.54) is 4.31 Å². The van der Waals surface area contributed by atoms with Crippen molar-refractivity contribution in [3.8, 4) is 0 Å². The standard InChI is InChI=1S/C9H20N2O3S/c10-4-1-2-6-15(13,14)11-5-3-9(7-11)8-12/h9,12H,1-8,10H2. The van der Waals surface area contributed by atoms with Crippen LogP contribution in [0.4, 0.5) is 0 Å². The third kappa shape index (κ3) is 3.71. The second kappa shape index (κ2) is 5.79. The highest BCUT2D eigenvalue weighted by Crippen LogP contribution is 2.19. The molecule has 1 fully saturated rings. The van der Waals surface area contributed by atoms with Crippen LogP contribution in [0.1, 0.15) is 19.3 Å². The van der Waals surface area contributed by atoms with E-state index in [0.717, 1.165) is 12.8 Å². The first-order chi connectivity index (χ1) is 7.10. The van der Waals surface area contributed by atoms with E-state index < -0.39 is 10.0 Å². The van der Waals surface area contributed by atoms with Gasteiger partial charge in [-0.1, -0.05) is 0 Å². The third-order valence-electron chi connectivity index (χ3n) is 2.76. The van der Waals surface area contributed by atoms with Gasteiger partial charge in [0.2, 0.25) is 10.0 Å². The van der Waals surface area contributed by atoms with Gasteiger partial charge in [0.25, 0.3) is 0 Å². The van der Waals surface area contributed by atoms with E-state index in [9.17, 15) is 8.42 Å². The van der Waals surface area contributed by atoms with Crippen LogP contribution in [0.2, 0.25) is 0 Å². The Kier molecular flexibility index (Phi) is 4.98. The molecular formula is C9H20N2O3S. The van der Waals surface area contributed by atoms with E-state index in [1.54, 1.807) is 0 Å². The van der Waals surface area contributed by atoms with Gasteiger partial charge in [-0.05, 0) is 31.7 Å². The summed E-state index contributed by atoms with van der Waals surface area (Å²) in [6.45, 7) is 1.64. The highest BCUT2D eigenvalue weighted by molar-refractivity contribution is 7.89. The average Bonchev–Trinajstić information content (AvgIpc) is 2.66. The van der Waals surface area contributed by atoms with Crippen LogP contribution in [0.5, 0.6) is 0 Å². The van der Waals surface area contributed by atoms with Crippen LogP contribution in [0, 0.1) is 5.92 Å². The van der Waals surface area contributed by atoms with E-state index in [0.29, 0.717) is 26.1 Å². The number of nitrogens with zero attached hydrogens (tertiary/aromatic N) is 1. The summed E-state index contributed by atoms with van der Waals surface area (Å²) in [4.78, 5) is 0. The molecule has 90 valence electrons. The lowest BCUT2D eigenvalue weighted by Gasteiger charge is -2.15. The molecule has 1 aliphatic heterocycles. The normalized spacial score (nSPS) is 23.5. The van der Waals surface area contributed by atoms with Crippen molar-refractivity contribution < 1.29 is 13.5 Å². The molecule has 0 aliphatic carbocycles. The monoisotopic (exact) mass is 236 g/mol. The molecule has 0 spiro atoms. The smallest absolute Gasteiger partial charge is 0.214 e. The Bertz CT molecular complexity index is 279.